The van der Waals surface area contributed by atoms with Gasteiger partial charge >= 0.3 is 12.1 Å². The van der Waals surface area contributed by atoms with Gasteiger partial charge in [0.25, 0.3) is 16.6 Å². The van der Waals surface area contributed by atoms with Crippen LogP contribution in [0, 0.1) is 0 Å². The second-order valence-electron chi connectivity index (χ2n) is 19.0. The van der Waals surface area contributed by atoms with Crippen LogP contribution in [-0.2, 0) is 25.5 Å². The Labute approximate surface area is 336 Å². The molecule has 1 aliphatic rings. The Hall–Kier alpha value is -4.14. The fourth-order valence-electron chi connectivity index (χ4n) is 6.19. The van der Waals surface area contributed by atoms with Gasteiger partial charge in [0, 0.05) is 12.3 Å². The number of aliphatic carboxylic acids is 1. The lowest BCUT2D eigenvalue weighted by atomic mass is 9.98. The smallest absolute Gasteiger partial charge is 0.407 e. The molecule has 0 fully saturated rings. The SMILES string of the molecule is C[C@@H](OC(C)(C)C)[C@H](NC(=O)OCC1c2ccccc2-c2ccccc21)C(=O)N[C@@H](Cc1ccc(O[Si](C)(C)C(C)(C)C)c(O[Si](C)(C)C(C)(C)C)c1)C(=O)O. The van der Waals surface area contributed by atoms with E-state index in [4.69, 9.17) is 18.3 Å². The lowest BCUT2D eigenvalue weighted by molar-refractivity contribution is -0.143. The predicted octanol–water partition coefficient (Wildman–Crippen LogP) is 9.68. The molecule has 1 aliphatic carbocycles. The summed E-state index contributed by atoms with van der Waals surface area (Å²) in [5, 5.41) is 15.6. The minimum atomic E-state index is -2.34. The number of alkyl carbamates (subject to hydrolysis) is 1. The van der Waals surface area contributed by atoms with Gasteiger partial charge in [0.2, 0.25) is 5.91 Å². The Bertz CT molecular complexity index is 1840. The van der Waals surface area contributed by atoms with Crippen LogP contribution >= 0.6 is 0 Å². The Morgan fingerprint density at radius 1 is 0.732 bits per heavy atom. The number of carbonyl (C=O) groups excluding carboxylic acids is 2. The van der Waals surface area contributed by atoms with Crippen molar-refractivity contribution in [1.82, 2.24) is 10.6 Å². The number of carboxylic acid groups (broad SMARTS) is 1. The highest BCUT2D eigenvalue weighted by Gasteiger charge is 2.42. The molecule has 0 radical (unpaired) electrons. The largest absolute Gasteiger partial charge is 0.541 e. The van der Waals surface area contributed by atoms with Gasteiger partial charge in [-0.25, -0.2) is 9.59 Å². The fourth-order valence-corrected chi connectivity index (χ4v) is 8.23. The zero-order chi connectivity index (χ0) is 42.0. The van der Waals surface area contributed by atoms with Crippen molar-refractivity contribution in [2.75, 3.05) is 6.61 Å². The summed E-state index contributed by atoms with van der Waals surface area (Å²) in [5.74, 6) is -0.920. The van der Waals surface area contributed by atoms with Crippen LogP contribution in [0.3, 0.4) is 0 Å². The standard InChI is InChI=1S/C44H64N2O8Si2/c1-28(52-42(2,3)4)38(46-41(50)51-27-34-32-21-17-15-19-30(32)31-20-16-18-22-33(31)34)39(47)45-35(40(48)49)25-29-23-24-36(53-55(11,12)43(5,6)7)37(26-29)54-56(13,14)44(8,9)10/h15-24,26,28,34-35,38H,25,27H2,1-14H3,(H,45,47)(H,46,50)(H,48,49)/t28-,35+,38+/m1/s1. The summed E-state index contributed by atoms with van der Waals surface area (Å²) in [4.78, 5) is 40.2. The number of carboxylic acids is 1. The van der Waals surface area contributed by atoms with E-state index < -0.39 is 58.4 Å². The minimum Gasteiger partial charge on any atom is -0.541 e. The molecule has 0 heterocycles. The molecule has 2 amide bonds. The van der Waals surface area contributed by atoms with Crippen LogP contribution in [0.15, 0.2) is 66.7 Å². The molecule has 0 unspecified atom stereocenters. The van der Waals surface area contributed by atoms with E-state index in [9.17, 15) is 19.5 Å². The van der Waals surface area contributed by atoms with E-state index in [1.807, 2.05) is 75.4 Å². The normalized spacial score (nSPS) is 15.2. The maximum atomic E-state index is 14.0. The monoisotopic (exact) mass is 804 g/mol. The average molecular weight is 805 g/mol. The zero-order valence-electron chi connectivity index (χ0n) is 35.9. The van der Waals surface area contributed by atoms with E-state index in [2.05, 4.69) is 90.5 Å². The van der Waals surface area contributed by atoms with E-state index in [0.717, 1.165) is 22.3 Å². The van der Waals surface area contributed by atoms with E-state index in [0.29, 0.717) is 17.1 Å². The molecular weight excluding hydrogens is 741 g/mol. The van der Waals surface area contributed by atoms with Crippen molar-refractivity contribution in [3.63, 3.8) is 0 Å². The maximum Gasteiger partial charge on any atom is 0.407 e. The van der Waals surface area contributed by atoms with Gasteiger partial charge in [-0.15, -0.1) is 0 Å². The second kappa shape index (κ2) is 16.8. The molecule has 0 bridgehead atoms. The molecule has 3 N–H and O–H groups in total. The number of hydrogen-bond donors (Lipinski definition) is 3. The van der Waals surface area contributed by atoms with Gasteiger partial charge in [-0.05, 0) is 104 Å². The molecule has 0 saturated carbocycles. The number of benzene rings is 3. The molecule has 3 aromatic rings. The van der Waals surface area contributed by atoms with Gasteiger partial charge in [0.15, 0.2) is 0 Å². The lowest BCUT2D eigenvalue weighted by Crippen LogP contribution is -2.57. The van der Waals surface area contributed by atoms with Crippen molar-refractivity contribution in [1.29, 1.82) is 0 Å². The van der Waals surface area contributed by atoms with Crippen molar-refractivity contribution in [2.24, 2.45) is 0 Å². The molecule has 12 heteroatoms. The van der Waals surface area contributed by atoms with Crippen molar-refractivity contribution in [2.45, 2.75) is 142 Å². The van der Waals surface area contributed by atoms with Gasteiger partial charge < -0.3 is 34.1 Å². The first-order chi connectivity index (χ1) is 25.7. The summed E-state index contributed by atoms with van der Waals surface area (Å²) in [6.45, 7) is 28.9. The fraction of sp³-hybridized carbons (Fsp3) is 0.523. The Morgan fingerprint density at radius 3 is 1.71 bits per heavy atom. The number of rotatable bonds is 14. The summed E-state index contributed by atoms with van der Waals surface area (Å²) in [6, 6.07) is 19.0. The van der Waals surface area contributed by atoms with Crippen LogP contribution in [0.1, 0.15) is 91.8 Å². The summed E-state index contributed by atoms with van der Waals surface area (Å²) >= 11 is 0. The molecule has 0 saturated heterocycles. The molecular formula is C44H64N2O8Si2. The quantitative estimate of drug-likeness (QED) is 0.137. The number of nitrogens with one attached hydrogen (secondary N) is 2. The molecule has 0 aromatic heterocycles. The third kappa shape index (κ3) is 10.8. The number of fused-ring (bicyclic) bond motifs is 3. The van der Waals surface area contributed by atoms with E-state index in [-0.39, 0.29) is 29.0 Å². The first kappa shape index (κ1) is 44.6. The van der Waals surface area contributed by atoms with Crippen LogP contribution in [0.4, 0.5) is 4.79 Å². The number of amides is 2. The van der Waals surface area contributed by atoms with Crippen LogP contribution < -0.4 is 19.5 Å². The van der Waals surface area contributed by atoms with Gasteiger partial charge in [0.05, 0.1) is 11.7 Å². The minimum absolute atomic E-state index is 0.0402. The summed E-state index contributed by atoms with van der Waals surface area (Å²) in [7, 11) is -4.60. The van der Waals surface area contributed by atoms with Crippen molar-refractivity contribution >= 4 is 34.6 Å². The Morgan fingerprint density at radius 2 is 1.23 bits per heavy atom. The van der Waals surface area contributed by atoms with Crippen molar-refractivity contribution < 1.29 is 37.8 Å². The molecule has 56 heavy (non-hydrogen) atoms. The first-order valence-corrected chi connectivity index (χ1v) is 25.4. The summed E-state index contributed by atoms with van der Waals surface area (Å²) in [6.07, 6.45) is -1.68. The Balaban J connectivity index is 1.56. The predicted molar refractivity (Wildman–Crippen MR) is 228 cm³/mol. The molecule has 3 atom stereocenters. The van der Waals surface area contributed by atoms with Gasteiger partial charge in [-0.2, -0.15) is 0 Å². The van der Waals surface area contributed by atoms with Gasteiger partial charge in [-0.1, -0.05) is 96.1 Å². The highest BCUT2D eigenvalue weighted by molar-refractivity contribution is 6.75. The lowest BCUT2D eigenvalue weighted by Gasteiger charge is -2.39. The van der Waals surface area contributed by atoms with Crippen LogP contribution in [0.5, 0.6) is 11.5 Å². The van der Waals surface area contributed by atoms with E-state index >= 15 is 0 Å². The van der Waals surface area contributed by atoms with Crippen LogP contribution in [-0.4, -0.2) is 70.1 Å². The van der Waals surface area contributed by atoms with Crippen molar-refractivity contribution in [3.05, 3.63) is 83.4 Å². The average Bonchev–Trinajstić information content (AvgIpc) is 3.38. The highest BCUT2D eigenvalue weighted by atomic mass is 28.4. The summed E-state index contributed by atoms with van der Waals surface area (Å²) in [5.41, 5.74) is 4.29. The van der Waals surface area contributed by atoms with Crippen LogP contribution in [0.25, 0.3) is 11.1 Å². The zero-order valence-corrected chi connectivity index (χ0v) is 37.9. The number of carbonyl (C=O) groups is 3. The van der Waals surface area contributed by atoms with Gasteiger partial charge in [-0.3, -0.25) is 4.79 Å². The first-order valence-electron chi connectivity index (χ1n) is 19.5. The second-order valence-corrected chi connectivity index (χ2v) is 28.4. The highest BCUT2D eigenvalue weighted by Crippen LogP contribution is 2.45. The van der Waals surface area contributed by atoms with Crippen molar-refractivity contribution in [3.8, 4) is 22.6 Å². The topological polar surface area (TPSA) is 132 Å². The third-order valence-corrected chi connectivity index (χ3v) is 20.0. The van der Waals surface area contributed by atoms with Crippen LogP contribution in [0.2, 0.25) is 36.3 Å². The molecule has 3 aromatic carbocycles. The third-order valence-electron chi connectivity index (χ3n) is 11.3. The molecule has 10 nitrogen and oxygen atoms in total. The molecule has 0 spiro atoms. The van der Waals surface area contributed by atoms with E-state index in [1.54, 1.807) is 6.92 Å². The van der Waals surface area contributed by atoms with E-state index in [1.165, 1.54) is 0 Å². The van der Waals surface area contributed by atoms with Gasteiger partial charge in [0.1, 0.15) is 30.2 Å². The maximum absolute atomic E-state index is 14.0. The molecule has 306 valence electrons. The Kier molecular flexibility index (Phi) is 13.3. The summed E-state index contributed by atoms with van der Waals surface area (Å²) < 4.78 is 25.4. The number of hydrogen-bond acceptors (Lipinski definition) is 7. The number of ether oxygens (including phenoxy) is 2. The molecule has 0 aliphatic heterocycles. The molecule has 4 rings (SSSR count).